The summed E-state index contributed by atoms with van der Waals surface area (Å²) in [6.45, 7) is 5.49. The van der Waals surface area contributed by atoms with Crippen LogP contribution in [0.2, 0.25) is 0 Å². The van der Waals surface area contributed by atoms with Crippen LogP contribution in [-0.2, 0) is 6.42 Å². The molecule has 0 aliphatic carbocycles. The van der Waals surface area contributed by atoms with Gasteiger partial charge in [-0.05, 0) is 43.0 Å². The third kappa shape index (κ3) is 3.93. The highest BCUT2D eigenvalue weighted by atomic mass is 19.1. The first-order valence-corrected chi connectivity index (χ1v) is 5.99. The average molecular weight is 223 g/mol. The monoisotopic (exact) mass is 223 g/mol. The van der Waals surface area contributed by atoms with Crippen LogP contribution in [0, 0.1) is 11.2 Å². The van der Waals surface area contributed by atoms with Crippen molar-refractivity contribution < 1.29 is 4.39 Å². The molecule has 1 unspecified atom stereocenters. The topological polar surface area (TPSA) is 12.0 Å². The van der Waals surface area contributed by atoms with Gasteiger partial charge >= 0.3 is 0 Å². The lowest BCUT2D eigenvalue weighted by Gasteiger charge is -2.29. The highest BCUT2D eigenvalue weighted by molar-refractivity contribution is 5.17. The molecule has 0 fully saturated rings. The first kappa shape index (κ1) is 13.2. The molecule has 1 atom stereocenters. The molecule has 1 N–H and O–H groups in total. The van der Waals surface area contributed by atoms with Gasteiger partial charge in [0.05, 0.1) is 0 Å². The molecule has 0 aliphatic rings. The highest BCUT2D eigenvalue weighted by Crippen LogP contribution is 2.27. The second-order valence-corrected chi connectivity index (χ2v) is 4.89. The van der Waals surface area contributed by atoms with E-state index < -0.39 is 0 Å². The van der Waals surface area contributed by atoms with Crippen molar-refractivity contribution in [1.82, 2.24) is 5.32 Å². The van der Waals surface area contributed by atoms with Crippen molar-refractivity contribution in [3.05, 3.63) is 35.6 Å². The van der Waals surface area contributed by atoms with Crippen LogP contribution >= 0.6 is 0 Å². The largest absolute Gasteiger partial charge is 0.319 e. The molecule has 0 aromatic heterocycles. The Labute approximate surface area is 98.1 Å². The summed E-state index contributed by atoms with van der Waals surface area (Å²) in [6, 6.07) is 6.86. The standard InChI is InChI=1S/C14H22FN/c1-4-9-14(2,11-16-3)10-12-5-7-13(15)8-6-12/h5-8,16H,4,9-11H2,1-3H3. The Balaban J connectivity index is 2.70. The van der Waals surface area contributed by atoms with Gasteiger partial charge in [-0.15, -0.1) is 0 Å². The summed E-state index contributed by atoms with van der Waals surface area (Å²) >= 11 is 0. The predicted octanol–water partition coefficient (Wildman–Crippen LogP) is 3.39. The normalized spacial score (nSPS) is 14.8. The quantitative estimate of drug-likeness (QED) is 0.779. The van der Waals surface area contributed by atoms with E-state index in [2.05, 4.69) is 19.2 Å². The molecule has 0 heterocycles. The second kappa shape index (κ2) is 6.00. The molecular formula is C14H22FN. The Morgan fingerprint density at radius 3 is 2.38 bits per heavy atom. The van der Waals surface area contributed by atoms with Gasteiger partial charge in [-0.3, -0.25) is 0 Å². The maximum atomic E-state index is 12.8. The zero-order valence-electron chi connectivity index (χ0n) is 10.5. The molecule has 16 heavy (non-hydrogen) atoms. The fraction of sp³-hybridized carbons (Fsp3) is 0.571. The molecule has 90 valence electrons. The second-order valence-electron chi connectivity index (χ2n) is 4.89. The third-order valence-corrected chi connectivity index (χ3v) is 3.00. The molecule has 1 rings (SSSR count). The maximum Gasteiger partial charge on any atom is 0.123 e. The summed E-state index contributed by atoms with van der Waals surface area (Å²) in [5, 5.41) is 3.25. The number of hydrogen-bond acceptors (Lipinski definition) is 1. The summed E-state index contributed by atoms with van der Waals surface area (Å²) < 4.78 is 12.8. The molecule has 0 saturated heterocycles. The molecular weight excluding hydrogens is 201 g/mol. The van der Waals surface area contributed by atoms with Gasteiger partial charge in [0.15, 0.2) is 0 Å². The lowest BCUT2D eigenvalue weighted by atomic mass is 9.79. The smallest absolute Gasteiger partial charge is 0.123 e. The fourth-order valence-corrected chi connectivity index (χ4v) is 2.36. The summed E-state index contributed by atoms with van der Waals surface area (Å²) in [6.07, 6.45) is 3.37. The number of hydrogen-bond donors (Lipinski definition) is 1. The van der Waals surface area contributed by atoms with Gasteiger partial charge in [-0.2, -0.15) is 0 Å². The van der Waals surface area contributed by atoms with Crippen molar-refractivity contribution in [2.45, 2.75) is 33.1 Å². The Morgan fingerprint density at radius 1 is 1.25 bits per heavy atom. The number of halogens is 1. The van der Waals surface area contributed by atoms with Gasteiger partial charge in [0.25, 0.3) is 0 Å². The van der Waals surface area contributed by atoms with Crippen LogP contribution in [0.5, 0.6) is 0 Å². The molecule has 1 nitrogen and oxygen atoms in total. The molecule has 0 bridgehead atoms. The number of rotatable bonds is 6. The van der Waals surface area contributed by atoms with E-state index in [-0.39, 0.29) is 11.2 Å². The first-order valence-electron chi connectivity index (χ1n) is 5.99. The predicted molar refractivity (Wildman–Crippen MR) is 67.0 cm³/mol. The van der Waals surface area contributed by atoms with E-state index in [1.165, 1.54) is 18.4 Å². The van der Waals surface area contributed by atoms with Crippen molar-refractivity contribution in [3.8, 4) is 0 Å². The Morgan fingerprint density at radius 2 is 1.88 bits per heavy atom. The van der Waals surface area contributed by atoms with Gasteiger partial charge in [0.2, 0.25) is 0 Å². The minimum atomic E-state index is -0.158. The van der Waals surface area contributed by atoms with Crippen LogP contribution in [0.3, 0.4) is 0 Å². The van der Waals surface area contributed by atoms with E-state index in [4.69, 9.17) is 0 Å². The van der Waals surface area contributed by atoms with Gasteiger partial charge in [0.1, 0.15) is 5.82 Å². The lowest BCUT2D eigenvalue weighted by Crippen LogP contribution is -2.31. The zero-order valence-corrected chi connectivity index (χ0v) is 10.5. The molecule has 0 aliphatic heterocycles. The van der Waals surface area contributed by atoms with Crippen LogP contribution in [0.1, 0.15) is 32.3 Å². The van der Waals surface area contributed by atoms with E-state index in [1.807, 2.05) is 19.2 Å². The lowest BCUT2D eigenvalue weighted by molar-refractivity contribution is 0.283. The molecule has 0 spiro atoms. The Hall–Kier alpha value is -0.890. The Bertz CT molecular complexity index is 299. The van der Waals surface area contributed by atoms with Crippen LogP contribution in [0.4, 0.5) is 4.39 Å². The molecule has 0 radical (unpaired) electrons. The van der Waals surface area contributed by atoms with Crippen molar-refractivity contribution in [3.63, 3.8) is 0 Å². The third-order valence-electron chi connectivity index (χ3n) is 3.00. The summed E-state index contributed by atoms with van der Waals surface area (Å²) in [5.74, 6) is -0.158. The van der Waals surface area contributed by atoms with Crippen LogP contribution in [0.25, 0.3) is 0 Å². The van der Waals surface area contributed by atoms with E-state index in [9.17, 15) is 4.39 Å². The van der Waals surface area contributed by atoms with E-state index >= 15 is 0 Å². The summed E-state index contributed by atoms with van der Waals surface area (Å²) in [4.78, 5) is 0. The average Bonchev–Trinajstić information content (AvgIpc) is 2.22. The van der Waals surface area contributed by atoms with Crippen LogP contribution in [0.15, 0.2) is 24.3 Å². The maximum absolute atomic E-state index is 12.8. The van der Waals surface area contributed by atoms with Crippen molar-refractivity contribution in [2.75, 3.05) is 13.6 Å². The first-order chi connectivity index (χ1) is 7.59. The zero-order chi connectivity index (χ0) is 12.0. The number of nitrogens with one attached hydrogen (secondary N) is 1. The minimum Gasteiger partial charge on any atom is -0.319 e. The Kier molecular flexibility index (Phi) is 4.94. The highest BCUT2D eigenvalue weighted by Gasteiger charge is 2.22. The molecule has 0 saturated carbocycles. The molecule has 1 aromatic carbocycles. The van der Waals surface area contributed by atoms with E-state index in [0.29, 0.717) is 0 Å². The van der Waals surface area contributed by atoms with Crippen molar-refractivity contribution in [1.29, 1.82) is 0 Å². The van der Waals surface area contributed by atoms with Crippen molar-refractivity contribution >= 4 is 0 Å². The van der Waals surface area contributed by atoms with Gasteiger partial charge in [-0.25, -0.2) is 4.39 Å². The minimum absolute atomic E-state index is 0.158. The summed E-state index contributed by atoms with van der Waals surface area (Å²) in [7, 11) is 1.98. The molecule has 1 aromatic rings. The molecule has 2 heteroatoms. The van der Waals surface area contributed by atoms with Gasteiger partial charge in [0, 0.05) is 6.54 Å². The number of benzene rings is 1. The van der Waals surface area contributed by atoms with Crippen molar-refractivity contribution in [2.24, 2.45) is 5.41 Å². The van der Waals surface area contributed by atoms with Gasteiger partial charge < -0.3 is 5.32 Å². The van der Waals surface area contributed by atoms with Gasteiger partial charge in [-0.1, -0.05) is 32.4 Å². The van der Waals surface area contributed by atoms with E-state index in [0.717, 1.165) is 13.0 Å². The SMILES string of the molecule is CCCC(C)(CNC)Cc1ccc(F)cc1. The fourth-order valence-electron chi connectivity index (χ4n) is 2.36. The van der Waals surface area contributed by atoms with Crippen LogP contribution in [-0.4, -0.2) is 13.6 Å². The van der Waals surface area contributed by atoms with Crippen LogP contribution < -0.4 is 5.32 Å². The summed E-state index contributed by atoms with van der Waals surface area (Å²) in [5.41, 5.74) is 1.48. The molecule has 0 amide bonds. The van der Waals surface area contributed by atoms with E-state index in [1.54, 1.807) is 12.1 Å².